The third-order valence-electron chi connectivity index (χ3n) is 9.72. The van der Waals surface area contributed by atoms with Gasteiger partial charge in [-0.25, -0.2) is 0 Å². The minimum absolute atomic E-state index is 0.0516. The summed E-state index contributed by atoms with van der Waals surface area (Å²) >= 11 is 6.77. The van der Waals surface area contributed by atoms with Crippen LogP contribution in [0.4, 0.5) is 8.78 Å². The van der Waals surface area contributed by atoms with Gasteiger partial charge in [0.05, 0.1) is 35.2 Å². The predicted molar refractivity (Wildman–Crippen MR) is 213 cm³/mol. The molecule has 1 aliphatic heterocycles. The summed E-state index contributed by atoms with van der Waals surface area (Å²) in [6, 6.07) is 24.4. The first-order valence-electron chi connectivity index (χ1n) is 18.4. The summed E-state index contributed by atoms with van der Waals surface area (Å²) in [5.74, 6) is 0.392. The molecule has 0 aliphatic carbocycles. The first-order chi connectivity index (χ1) is 27.5. The molecule has 0 spiro atoms. The lowest BCUT2D eigenvalue weighted by Crippen LogP contribution is -2.21. The third kappa shape index (κ3) is 10.2. The third-order valence-corrected chi connectivity index (χ3v) is 10.0. The number of carbonyl (C=O) groups is 1. The molecule has 0 unspecified atom stereocenters. The molecule has 1 aromatic heterocycles. The number of halogens is 3. The maximum atomic E-state index is 13.5. The first-order valence-corrected chi connectivity index (χ1v) is 18.8. The van der Waals surface area contributed by atoms with Crippen LogP contribution in [0.1, 0.15) is 58.2 Å². The number of amidine groups is 1. The molecule has 4 aromatic carbocycles. The highest BCUT2D eigenvalue weighted by molar-refractivity contribution is 6.32. The second-order valence-corrected chi connectivity index (χ2v) is 14.0. The lowest BCUT2D eigenvalue weighted by molar-refractivity contribution is -0.139. The van der Waals surface area contributed by atoms with E-state index >= 15 is 0 Å². The zero-order chi connectivity index (χ0) is 40.5. The van der Waals surface area contributed by atoms with E-state index in [0.29, 0.717) is 65.0 Å². The average Bonchev–Trinajstić information content (AvgIpc) is 3.72. The molecular formula is C44H41ClF2N4O6. The van der Waals surface area contributed by atoms with Gasteiger partial charge in [-0.1, -0.05) is 54.1 Å². The molecule has 57 heavy (non-hydrogen) atoms. The van der Waals surface area contributed by atoms with Crippen molar-refractivity contribution in [2.75, 3.05) is 13.1 Å². The Morgan fingerprint density at radius 3 is 2.40 bits per heavy atom. The van der Waals surface area contributed by atoms with Gasteiger partial charge < -0.3 is 29.7 Å². The number of nitriles is 1. The van der Waals surface area contributed by atoms with Crippen LogP contribution >= 0.6 is 11.6 Å². The topological polar surface area (TPSA) is 146 Å². The maximum Gasteiger partial charge on any atom is 0.387 e. The summed E-state index contributed by atoms with van der Waals surface area (Å²) in [5.41, 5.74) is 8.71. The molecule has 0 radical (unpaired) electrons. The van der Waals surface area contributed by atoms with E-state index in [9.17, 15) is 23.9 Å². The van der Waals surface area contributed by atoms with Gasteiger partial charge in [0, 0.05) is 30.6 Å². The van der Waals surface area contributed by atoms with Gasteiger partial charge in [-0.15, -0.1) is 0 Å². The molecule has 0 saturated heterocycles. The molecule has 0 fully saturated rings. The van der Waals surface area contributed by atoms with Crippen LogP contribution in [0.2, 0.25) is 5.02 Å². The molecule has 3 N–H and O–H groups in total. The lowest BCUT2D eigenvalue weighted by Gasteiger charge is -2.19. The van der Waals surface area contributed by atoms with Crippen LogP contribution < -0.4 is 19.5 Å². The van der Waals surface area contributed by atoms with Gasteiger partial charge in [-0.2, -0.15) is 14.0 Å². The van der Waals surface area contributed by atoms with Crippen molar-refractivity contribution in [2.45, 2.75) is 65.5 Å². The number of aromatic nitrogens is 1. The molecule has 5 aromatic rings. The van der Waals surface area contributed by atoms with Gasteiger partial charge in [0.2, 0.25) is 0 Å². The van der Waals surface area contributed by atoms with Crippen LogP contribution in [-0.2, 0) is 24.4 Å². The standard InChI is InChI=1S/C44H41ClF2N4O6/c1-26-32(7-4-10-35(26)36-11-5-9-34(27(36)2)30-12-13-37(43-50-14-15-51-43)40(18-30)57-44(46)47)25-56-41-20-39(55-24-29-16-28(21-48)22-49-23-29)31(17-38(41)45)6-3-8-33(52)19-42(53)54/h4-5,7,9-13,16-18,20,22-23,33,44,52H,3,6,8,14-15,19,24-25H2,1-2H3,(H,50,51)(H,53,54)/t33-/m1/s1. The minimum Gasteiger partial charge on any atom is -0.488 e. The predicted octanol–water partition coefficient (Wildman–Crippen LogP) is 8.83. The summed E-state index contributed by atoms with van der Waals surface area (Å²) in [6.07, 6.45) is 2.99. The van der Waals surface area contributed by atoms with E-state index in [1.54, 1.807) is 36.5 Å². The first kappa shape index (κ1) is 40.6. The molecule has 0 amide bonds. The van der Waals surface area contributed by atoms with Crippen LogP contribution in [0.5, 0.6) is 17.2 Å². The Kier molecular flexibility index (Phi) is 13.4. The maximum absolute atomic E-state index is 13.5. The highest BCUT2D eigenvalue weighted by atomic mass is 35.5. The number of benzene rings is 4. The van der Waals surface area contributed by atoms with Crippen LogP contribution in [-0.4, -0.2) is 52.8 Å². The molecule has 2 heterocycles. The number of nitrogens with zero attached hydrogens (tertiary/aromatic N) is 3. The van der Waals surface area contributed by atoms with Gasteiger partial charge in [-0.05, 0) is 102 Å². The van der Waals surface area contributed by atoms with Crippen molar-refractivity contribution in [1.29, 1.82) is 5.26 Å². The van der Waals surface area contributed by atoms with Crippen molar-refractivity contribution in [3.63, 3.8) is 0 Å². The van der Waals surface area contributed by atoms with Crippen molar-refractivity contribution in [2.24, 2.45) is 4.99 Å². The molecule has 6 rings (SSSR count). The number of hydrogen-bond acceptors (Lipinski definition) is 9. The van der Waals surface area contributed by atoms with E-state index in [1.807, 2.05) is 56.3 Å². The molecule has 1 aliphatic rings. The average molecular weight is 795 g/mol. The van der Waals surface area contributed by atoms with Gasteiger partial charge in [-0.3, -0.25) is 14.8 Å². The second-order valence-electron chi connectivity index (χ2n) is 13.6. The van der Waals surface area contributed by atoms with Crippen molar-refractivity contribution >= 4 is 23.4 Å². The largest absolute Gasteiger partial charge is 0.488 e. The van der Waals surface area contributed by atoms with Gasteiger partial charge >= 0.3 is 12.6 Å². The zero-order valence-electron chi connectivity index (χ0n) is 31.4. The highest BCUT2D eigenvalue weighted by Crippen LogP contribution is 2.38. The van der Waals surface area contributed by atoms with Crippen molar-refractivity contribution in [1.82, 2.24) is 10.3 Å². The van der Waals surface area contributed by atoms with E-state index in [0.717, 1.165) is 44.5 Å². The van der Waals surface area contributed by atoms with Crippen molar-refractivity contribution in [3.05, 3.63) is 129 Å². The Labute approximate surface area is 334 Å². The monoisotopic (exact) mass is 794 g/mol. The van der Waals surface area contributed by atoms with Crippen LogP contribution in [0.25, 0.3) is 22.3 Å². The van der Waals surface area contributed by atoms with E-state index in [4.69, 9.17) is 30.9 Å². The van der Waals surface area contributed by atoms with Gasteiger partial charge in [0.15, 0.2) is 0 Å². The van der Waals surface area contributed by atoms with Crippen LogP contribution in [0, 0.1) is 25.2 Å². The number of pyridine rings is 1. The van der Waals surface area contributed by atoms with E-state index in [1.165, 1.54) is 6.20 Å². The molecule has 0 saturated carbocycles. The summed E-state index contributed by atoms with van der Waals surface area (Å²) in [6.45, 7) is 2.52. The normalized spacial score (nSPS) is 12.8. The number of carboxylic acid groups (broad SMARTS) is 1. The number of alkyl halides is 2. The van der Waals surface area contributed by atoms with E-state index in [2.05, 4.69) is 21.4 Å². The molecular weight excluding hydrogens is 754 g/mol. The number of ether oxygens (including phenoxy) is 3. The molecule has 0 bridgehead atoms. The number of nitrogens with one attached hydrogen (secondary N) is 1. The van der Waals surface area contributed by atoms with Crippen molar-refractivity contribution in [3.8, 4) is 45.6 Å². The second kappa shape index (κ2) is 18.7. The molecule has 294 valence electrons. The minimum atomic E-state index is -2.99. The number of aliphatic hydroxyl groups excluding tert-OH is 1. The van der Waals surface area contributed by atoms with Crippen LogP contribution in [0.15, 0.2) is 90.2 Å². The Morgan fingerprint density at radius 1 is 0.912 bits per heavy atom. The Bertz CT molecular complexity index is 2330. The zero-order valence-corrected chi connectivity index (χ0v) is 32.2. The van der Waals surface area contributed by atoms with Gasteiger partial charge in [0.25, 0.3) is 0 Å². The number of aliphatic hydroxyl groups is 1. The fourth-order valence-corrected chi connectivity index (χ4v) is 7.06. The SMILES string of the molecule is Cc1c(COc2cc(OCc3cncc(C#N)c3)c(CCC[C@@H](O)CC(=O)O)cc2Cl)cccc1-c1cccc(-c2ccc(C3=NCCN3)c(OC(F)F)c2)c1C. The molecule has 1 atom stereocenters. The Balaban J connectivity index is 1.24. The Hall–Kier alpha value is -6.03. The van der Waals surface area contributed by atoms with E-state index < -0.39 is 18.7 Å². The lowest BCUT2D eigenvalue weighted by atomic mass is 9.89. The summed E-state index contributed by atoms with van der Waals surface area (Å²) < 4.78 is 44.5. The van der Waals surface area contributed by atoms with E-state index in [-0.39, 0.29) is 31.8 Å². The number of rotatable bonds is 17. The fourth-order valence-electron chi connectivity index (χ4n) is 6.82. The fraction of sp³-hybridized carbons (Fsp3) is 0.273. The number of hydrogen-bond donors (Lipinski definition) is 3. The molecule has 13 heteroatoms. The van der Waals surface area contributed by atoms with Gasteiger partial charge in [0.1, 0.15) is 42.4 Å². The van der Waals surface area contributed by atoms with Crippen LogP contribution in [0.3, 0.4) is 0 Å². The summed E-state index contributed by atoms with van der Waals surface area (Å²) in [4.78, 5) is 19.5. The molecule has 10 nitrogen and oxygen atoms in total. The number of aryl methyl sites for hydroxylation is 1. The quantitative estimate of drug-likeness (QED) is 0.0841. The summed E-state index contributed by atoms with van der Waals surface area (Å²) in [7, 11) is 0. The summed E-state index contributed by atoms with van der Waals surface area (Å²) in [5, 5.41) is 31.9. The smallest absolute Gasteiger partial charge is 0.387 e. The van der Waals surface area contributed by atoms with Crippen molar-refractivity contribution < 1.29 is 38.0 Å². The number of carboxylic acids is 1. The Morgan fingerprint density at radius 2 is 1.67 bits per heavy atom. The number of aliphatic carboxylic acids is 1. The number of aliphatic imine (C=N–C) groups is 1. The highest BCUT2D eigenvalue weighted by Gasteiger charge is 2.20.